The number of cyclic esters (lactones) is 2. The van der Waals surface area contributed by atoms with E-state index >= 15 is 0 Å². The molecule has 1 aliphatic carbocycles. The van der Waals surface area contributed by atoms with Crippen LogP contribution in [0.25, 0.3) is 0 Å². The zero-order valence-electron chi connectivity index (χ0n) is 10.5. The van der Waals surface area contributed by atoms with Crippen molar-refractivity contribution in [2.24, 2.45) is 17.8 Å². The van der Waals surface area contributed by atoms with Crippen molar-refractivity contribution in [1.29, 1.82) is 0 Å². The number of Topliss-reactive ketones (excluding diaryl/α,β-unsaturated/α-hetero) is 1. The molecule has 3 rings (SSSR count). The second-order valence-corrected chi connectivity index (χ2v) is 5.27. The number of fused-ring (bicyclic) bond motifs is 1. The average molecular weight is 258 g/mol. The second kappa shape index (κ2) is 4.30. The van der Waals surface area contributed by atoms with Gasteiger partial charge in [0.1, 0.15) is 5.78 Å². The fraction of sp³-hybridized carbons (Fsp3) is 0.400. The van der Waals surface area contributed by atoms with Crippen LogP contribution in [0.4, 0.5) is 0 Å². The first-order valence-corrected chi connectivity index (χ1v) is 6.43. The molecule has 0 unspecified atom stereocenters. The van der Waals surface area contributed by atoms with Crippen LogP contribution in [-0.4, -0.2) is 17.7 Å². The smallest absolute Gasteiger partial charge is 0.318 e. The van der Waals surface area contributed by atoms with E-state index in [1.165, 1.54) is 0 Å². The summed E-state index contributed by atoms with van der Waals surface area (Å²) in [5.74, 6) is -2.63. The Morgan fingerprint density at radius 2 is 1.68 bits per heavy atom. The summed E-state index contributed by atoms with van der Waals surface area (Å²) in [7, 11) is 0. The summed E-state index contributed by atoms with van der Waals surface area (Å²) in [6, 6.07) is 9.42. The first kappa shape index (κ1) is 12.1. The third kappa shape index (κ3) is 1.79. The topological polar surface area (TPSA) is 60.4 Å². The van der Waals surface area contributed by atoms with Crippen LogP contribution in [0.3, 0.4) is 0 Å². The number of hydrogen-bond acceptors (Lipinski definition) is 4. The van der Waals surface area contributed by atoms with Gasteiger partial charge in [-0.2, -0.15) is 0 Å². The highest BCUT2D eigenvalue weighted by Crippen LogP contribution is 2.47. The quantitative estimate of drug-likeness (QED) is 0.568. The summed E-state index contributed by atoms with van der Waals surface area (Å²) in [5, 5.41) is 0. The third-order valence-electron chi connectivity index (χ3n) is 4.25. The van der Waals surface area contributed by atoms with Crippen LogP contribution in [0.5, 0.6) is 0 Å². The Balaban J connectivity index is 2.06. The maximum absolute atomic E-state index is 12.1. The van der Waals surface area contributed by atoms with Crippen molar-refractivity contribution in [2.75, 3.05) is 0 Å². The molecule has 0 radical (unpaired) electrons. The van der Waals surface area contributed by atoms with Crippen LogP contribution < -0.4 is 0 Å². The normalized spacial score (nSPS) is 34.1. The van der Waals surface area contributed by atoms with Gasteiger partial charge in [0, 0.05) is 18.3 Å². The van der Waals surface area contributed by atoms with Crippen molar-refractivity contribution in [1.82, 2.24) is 0 Å². The van der Waals surface area contributed by atoms with Crippen LogP contribution in [0.2, 0.25) is 0 Å². The van der Waals surface area contributed by atoms with E-state index < -0.39 is 23.8 Å². The molecule has 1 aromatic carbocycles. The Hall–Kier alpha value is -1.97. The van der Waals surface area contributed by atoms with E-state index in [0.717, 1.165) is 5.56 Å². The van der Waals surface area contributed by atoms with Gasteiger partial charge in [0.05, 0.1) is 11.8 Å². The van der Waals surface area contributed by atoms with E-state index in [0.29, 0.717) is 0 Å². The maximum atomic E-state index is 12.1. The van der Waals surface area contributed by atoms with Gasteiger partial charge >= 0.3 is 11.9 Å². The Morgan fingerprint density at radius 3 is 2.37 bits per heavy atom. The largest absolute Gasteiger partial charge is 0.393 e. The highest BCUT2D eigenvalue weighted by Gasteiger charge is 2.55. The van der Waals surface area contributed by atoms with E-state index in [1.807, 2.05) is 37.3 Å². The van der Waals surface area contributed by atoms with Crippen molar-refractivity contribution in [3.8, 4) is 0 Å². The lowest BCUT2D eigenvalue weighted by Crippen LogP contribution is -2.39. The molecule has 4 heteroatoms. The Morgan fingerprint density at radius 1 is 1.00 bits per heavy atom. The zero-order valence-corrected chi connectivity index (χ0v) is 10.5. The van der Waals surface area contributed by atoms with Crippen molar-refractivity contribution in [3.05, 3.63) is 35.9 Å². The molecule has 1 aliphatic heterocycles. The molecule has 1 saturated carbocycles. The molecule has 1 heterocycles. The average Bonchev–Trinajstić information content (AvgIpc) is 2.67. The van der Waals surface area contributed by atoms with Gasteiger partial charge in [-0.25, -0.2) is 0 Å². The number of esters is 2. The van der Waals surface area contributed by atoms with Crippen LogP contribution in [0, 0.1) is 17.8 Å². The minimum Gasteiger partial charge on any atom is -0.393 e. The lowest BCUT2D eigenvalue weighted by Gasteiger charge is -2.34. The van der Waals surface area contributed by atoms with E-state index in [-0.39, 0.29) is 24.0 Å². The molecule has 1 saturated heterocycles. The molecule has 0 bridgehead atoms. The number of hydrogen-bond donors (Lipinski definition) is 0. The van der Waals surface area contributed by atoms with Crippen molar-refractivity contribution in [2.45, 2.75) is 19.3 Å². The summed E-state index contributed by atoms with van der Waals surface area (Å²) < 4.78 is 4.73. The molecular formula is C15H14O4. The predicted molar refractivity (Wildman–Crippen MR) is 66.1 cm³/mol. The SMILES string of the molecule is C[C@@H]1C(=O)C[C@@H]2C(=O)OC(=O)[C@@H]2[C@@H]1c1ccccc1. The molecule has 0 aromatic heterocycles. The van der Waals surface area contributed by atoms with Crippen LogP contribution in [0.1, 0.15) is 24.8 Å². The van der Waals surface area contributed by atoms with Gasteiger partial charge in [-0.15, -0.1) is 0 Å². The van der Waals surface area contributed by atoms with Gasteiger partial charge < -0.3 is 4.74 Å². The minimum atomic E-state index is -0.596. The van der Waals surface area contributed by atoms with Gasteiger partial charge in [-0.1, -0.05) is 37.3 Å². The maximum Gasteiger partial charge on any atom is 0.318 e. The van der Waals surface area contributed by atoms with Gasteiger partial charge in [0.15, 0.2) is 0 Å². The van der Waals surface area contributed by atoms with Crippen LogP contribution in [-0.2, 0) is 19.1 Å². The minimum absolute atomic E-state index is 0.0294. The van der Waals surface area contributed by atoms with Crippen LogP contribution in [0.15, 0.2) is 30.3 Å². The van der Waals surface area contributed by atoms with Gasteiger partial charge in [0.2, 0.25) is 0 Å². The number of rotatable bonds is 1. The number of ether oxygens (including phenoxy) is 1. The lowest BCUT2D eigenvalue weighted by atomic mass is 9.65. The molecule has 98 valence electrons. The summed E-state index contributed by atoms with van der Waals surface area (Å²) in [5.41, 5.74) is 0.921. The summed E-state index contributed by atoms with van der Waals surface area (Å²) in [4.78, 5) is 35.6. The zero-order chi connectivity index (χ0) is 13.6. The predicted octanol–water partition coefficient (Wildman–Crippen LogP) is 1.69. The van der Waals surface area contributed by atoms with Crippen molar-refractivity contribution in [3.63, 3.8) is 0 Å². The number of benzene rings is 1. The van der Waals surface area contributed by atoms with Gasteiger partial charge in [0.25, 0.3) is 0 Å². The Kier molecular flexibility index (Phi) is 2.73. The number of carbonyl (C=O) groups is 3. The molecule has 0 N–H and O–H groups in total. The Labute approximate surface area is 110 Å². The Bertz CT molecular complexity index is 549. The number of carbonyl (C=O) groups excluding carboxylic acids is 3. The third-order valence-corrected chi connectivity index (χ3v) is 4.25. The van der Waals surface area contributed by atoms with E-state index in [4.69, 9.17) is 4.74 Å². The molecule has 0 amide bonds. The van der Waals surface area contributed by atoms with E-state index in [9.17, 15) is 14.4 Å². The van der Waals surface area contributed by atoms with Gasteiger partial charge in [-0.05, 0) is 5.56 Å². The second-order valence-electron chi connectivity index (χ2n) is 5.27. The summed E-state index contributed by atoms with van der Waals surface area (Å²) in [6.45, 7) is 1.83. The molecule has 0 spiro atoms. The van der Waals surface area contributed by atoms with Crippen LogP contribution >= 0.6 is 0 Å². The molecular weight excluding hydrogens is 244 g/mol. The first-order chi connectivity index (χ1) is 9.09. The molecule has 19 heavy (non-hydrogen) atoms. The van der Waals surface area contributed by atoms with E-state index in [2.05, 4.69) is 0 Å². The summed E-state index contributed by atoms with van der Waals surface area (Å²) >= 11 is 0. The van der Waals surface area contributed by atoms with Gasteiger partial charge in [-0.3, -0.25) is 14.4 Å². The standard InChI is InChI=1S/C15H14O4/c1-8-11(16)7-10-13(15(18)19-14(10)17)12(8)9-5-3-2-4-6-9/h2-6,8,10,12-13H,7H2,1H3/t8-,10+,12+,13+/m1/s1. The highest BCUT2D eigenvalue weighted by atomic mass is 16.6. The highest BCUT2D eigenvalue weighted by molar-refractivity contribution is 6.01. The first-order valence-electron chi connectivity index (χ1n) is 6.43. The molecule has 2 aliphatic rings. The number of ketones is 1. The van der Waals surface area contributed by atoms with Crippen molar-refractivity contribution >= 4 is 17.7 Å². The fourth-order valence-electron chi connectivity index (χ4n) is 3.25. The molecule has 2 fully saturated rings. The monoisotopic (exact) mass is 258 g/mol. The molecule has 4 nitrogen and oxygen atoms in total. The lowest BCUT2D eigenvalue weighted by molar-refractivity contribution is -0.154. The molecule has 4 atom stereocenters. The van der Waals surface area contributed by atoms with Crippen molar-refractivity contribution < 1.29 is 19.1 Å². The summed E-state index contributed by atoms with van der Waals surface area (Å²) in [6.07, 6.45) is 0.125. The van der Waals surface area contributed by atoms with E-state index in [1.54, 1.807) is 0 Å². The fourth-order valence-corrected chi connectivity index (χ4v) is 3.25. The molecule has 1 aromatic rings.